The van der Waals surface area contributed by atoms with E-state index in [0.717, 1.165) is 70.1 Å². The summed E-state index contributed by atoms with van der Waals surface area (Å²) in [6.45, 7) is 3.01. The summed E-state index contributed by atoms with van der Waals surface area (Å²) >= 11 is 0. The Morgan fingerprint density at radius 3 is 1.81 bits per heavy atom. The Morgan fingerprint density at radius 2 is 1.28 bits per heavy atom. The molecule has 244 valence electrons. The monoisotopic (exact) mass is 620 g/mol. The van der Waals surface area contributed by atoms with Crippen LogP contribution in [0.3, 0.4) is 0 Å². The second-order valence-electron chi connectivity index (χ2n) is 13.1. The van der Waals surface area contributed by atoms with Crippen LogP contribution in [0.1, 0.15) is 114 Å². The molecule has 3 aliphatic carbocycles. The SMILES string of the molecule is CCCCOC1CCC(/C=C/C2CCC(C(F)(F)OC3CCC(CCc4cc(F)c(C(F)(F)F)c(F)c4)CC3)CC2)CC1. The van der Waals surface area contributed by atoms with Gasteiger partial charge in [0.05, 0.1) is 18.1 Å². The highest BCUT2D eigenvalue weighted by molar-refractivity contribution is 5.28. The molecular weight excluding hydrogens is 573 g/mol. The van der Waals surface area contributed by atoms with E-state index < -0.39 is 41.5 Å². The van der Waals surface area contributed by atoms with Crippen LogP contribution < -0.4 is 0 Å². The second kappa shape index (κ2) is 15.6. The van der Waals surface area contributed by atoms with E-state index in [9.17, 15) is 22.0 Å². The van der Waals surface area contributed by atoms with Crippen LogP contribution in [-0.4, -0.2) is 24.9 Å². The molecule has 3 aliphatic rings. The van der Waals surface area contributed by atoms with Crippen molar-refractivity contribution in [1.82, 2.24) is 0 Å². The highest BCUT2D eigenvalue weighted by atomic mass is 19.4. The number of hydrogen-bond acceptors (Lipinski definition) is 2. The number of hydrogen-bond donors (Lipinski definition) is 0. The summed E-state index contributed by atoms with van der Waals surface area (Å²) in [7, 11) is 0. The zero-order valence-corrected chi connectivity index (χ0v) is 25.3. The summed E-state index contributed by atoms with van der Waals surface area (Å²) in [5.41, 5.74) is -1.71. The number of allylic oxidation sites excluding steroid dienone is 2. The lowest BCUT2D eigenvalue weighted by Gasteiger charge is -2.36. The van der Waals surface area contributed by atoms with Gasteiger partial charge in [0.15, 0.2) is 0 Å². The van der Waals surface area contributed by atoms with Crippen LogP contribution >= 0.6 is 0 Å². The van der Waals surface area contributed by atoms with E-state index in [4.69, 9.17) is 9.47 Å². The van der Waals surface area contributed by atoms with Crippen molar-refractivity contribution in [2.75, 3.05) is 6.61 Å². The summed E-state index contributed by atoms with van der Waals surface area (Å²) in [6, 6.07) is 1.48. The third kappa shape index (κ3) is 10.2. The average Bonchev–Trinajstić information content (AvgIpc) is 2.95. The van der Waals surface area contributed by atoms with Crippen molar-refractivity contribution >= 4 is 0 Å². The molecule has 4 rings (SSSR count). The molecule has 3 saturated carbocycles. The number of alkyl halides is 5. The van der Waals surface area contributed by atoms with Gasteiger partial charge in [0, 0.05) is 6.61 Å². The van der Waals surface area contributed by atoms with Gasteiger partial charge in [-0.15, -0.1) is 0 Å². The highest BCUT2D eigenvalue weighted by Gasteiger charge is 2.44. The molecule has 1 aromatic carbocycles. The molecule has 0 atom stereocenters. The summed E-state index contributed by atoms with van der Waals surface area (Å²) in [5.74, 6) is -2.97. The van der Waals surface area contributed by atoms with E-state index in [-0.39, 0.29) is 17.9 Å². The molecule has 0 N–H and O–H groups in total. The smallest absolute Gasteiger partial charge is 0.378 e. The Kier molecular flexibility index (Phi) is 12.4. The Bertz CT molecular complexity index is 993. The molecule has 0 saturated heterocycles. The highest BCUT2D eigenvalue weighted by Crippen LogP contribution is 2.43. The van der Waals surface area contributed by atoms with Gasteiger partial charge in [-0.2, -0.15) is 22.0 Å². The Labute approximate surface area is 251 Å². The quantitative estimate of drug-likeness (QED) is 0.132. The Morgan fingerprint density at radius 1 is 0.744 bits per heavy atom. The molecule has 3 fully saturated rings. The first kappa shape index (κ1) is 34.3. The molecule has 0 amide bonds. The summed E-state index contributed by atoms with van der Waals surface area (Å²) in [6.07, 6.45) is 8.19. The van der Waals surface area contributed by atoms with E-state index in [1.165, 1.54) is 0 Å². The lowest BCUT2D eigenvalue weighted by Crippen LogP contribution is -2.39. The minimum absolute atomic E-state index is 0.146. The first-order chi connectivity index (χ1) is 20.4. The van der Waals surface area contributed by atoms with Crippen LogP contribution in [-0.2, 0) is 22.1 Å². The van der Waals surface area contributed by atoms with Crippen molar-refractivity contribution in [1.29, 1.82) is 0 Å². The van der Waals surface area contributed by atoms with E-state index >= 15 is 8.78 Å². The number of benzene rings is 1. The minimum atomic E-state index is -5.09. The number of halogens is 7. The van der Waals surface area contributed by atoms with Gasteiger partial charge < -0.3 is 9.47 Å². The second-order valence-corrected chi connectivity index (χ2v) is 13.1. The molecule has 0 bridgehead atoms. The molecule has 1 aromatic rings. The minimum Gasteiger partial charge on any atom is -0.378 e. The summed E-state index contributed by atoms with van der Waals surface area (Å²) in [4.78, 5) is 0. The van der Waals surface area contributed by atoms with E-state index in [2.05, 4.69) is 19.1 Å². The van der Waals surface area contributed by atoms with Crippen LogP contribution in [0.25, 0.3) is 0 Å². The first-order valence-electron chi connectivity index (χ1n) is 16.3. The molecule has 9 heteroatoms. The topological polar surface area (TPSA) is 18.5 Å². The third-order valence-electron chi connectivity index (χ3n) is 9.82. The maximum Gasteiger partial charge on any atom is 0.422 e. The average molecular weight is 621 g/mol. The van der Waals surface area contributed by atoms with Crippen LogP contribution in [0.4, 0.5) is 30.7 Å². The van der Waals surface area contributed by atoms with Crippen molar-refractivity contribution in [3.8, 4) is 0 Å². The van der Waals surface area contributed by atoms with Crippen LogP contribution in [0, 0.1) is 35.3 Å². The number of ether oxygens (including phenoxy) is 2. The Hall–Kier alpha value is -1.61. The van der Waals surface area contributed by atoms with Crippen molar-refractivity contribution in [3.05, 3.63) is 47.0 Å². The van der Waals surface area contributed by atoms with Gasteiger partial charge in [-0.1, -0.05) is 25.5 Å². The van der Waals surface area contributed by atoms with Crippen molar-refractivity contribution in [3.63, 3.8) is 0 Å². The van der Waals surface area contributed by atoms with Gasteiger partial charge in [-0.25, -0.2) is 8.78 Å². The number of aryl methyl sites for hydroxylation is 1. The van der Waals surface area contributed by atoms with Gasteiger partial charge in [0.2, 0.25) is 0 Å². The van der Waals surface area contributed by atoms with Crippen LogP contribution in [0.15, 0.2) is 24.3 Å². The van der Waals surface area contributed by atoms with Crippen molar-refractivity contribution in [2.24, 2.45) is 23.7 Å². The molecule has 2 nitrogen and oxygen atoms in total. The van der Waals surface area contributed by atoms with Crippen molar-refractivity contribution in [2.45, 2.75) is 134 Å². The van der Waals surface area contributed by atoms with Crippen LogP contribution in [0.2, 0.25) is 0 Å². The fourth-order valence-electron chi connectivity index (χ4n) is 7.07. The largest absolute Gasteiger partial charge is 0.422 e. The molecule has 0 spiro atoms. The molecule has 0 heterocycles. The van der Waals surface area contributed by atoms with Gasteiger partial charge in [-0.3, -0.25) is 0 Å². The molecular formula is C34H47F7O2. The number of rotatable bonds is 12. The lowest BCUT2D eigenvalue weighted by atomic mass is 9.79. The van der Waals surface area contributed by atoms with E-state index in [1.54, 1.807) is 0 Å². The predicted molar refractivity (Wildman–Crippen MR) is 153 cm³/mol. The zero-order valence-electron chi connectivity index (χ0n) is 25.3. The number of unbranched alkanes of at least 4 members (excludes halogenated alkanes) is 1. The van der Waals surface area contributed by atoms with Gasteiger partial charge >= 0.3 is 12.3 Å². The van der Waals surface area contributed by atoms with Gasteiger partial charge in [0.1, 0.15) is 17.2 Å². The van der Waals surface area contributed by atoms with Gasteiger partial charge in [-0.05, 0) is 132 Å². The fraction of sp³-hybridized carbons (Fsp3) is 0.765. The standard InChI is InChI=1S/C34H47F7O2/c1-2-3-20-42-28-16-10-24(11-17-28)5-4-23-8-14-27(15-9-23)34(40,41)43-29-18-12-25(13-19-29)6-7-26-21-30(35)32(31(36)22-26)33(37,38)39/h4-5,21-25,27-29H,2-3,6-20H2,1H3/b5-4+. The molecule has 0 unspecified atom stereocenters. The molecule has 0 radical (unpaired) electrons. The first-order valence-corrected chi connectivity index (χ1v) is 16.3. The fourth-order valence-corrected chi connectivity index (χ4v) is 7.07. The Balaban J connectivity index is 1.13. The van der Waals surface area contributed by atoms with E-state index in [1.807, 2.05) is 0 Å². The van der Waals surface area contributed by atoms with Crippen LogP contribution in [0.5, 0.6) is 0 Å². The molecule has 43 heavy (non-hydrogen) atoms. The predicted octanol–water partition coefficient (Wildman–Crippen LogP) is 10.8. The maximum atomic E-state index is 15.1. The summed E-state index contributed by atoms with van der Waals surface area (Å²) in [5, 5.41) is 0. The summed E-state index contributed by atoms with van der Waals surface area (Å²) < 4.78 is 108. The van der Waals surface area contributed by atoms with Gasteiger partial charge in [0.25, 0.3) is 0 Å². The van der Waals surface area contributed by atoms with Crippen molar-refractivity contribution < 1.29 is 40.2 Å². The maximum absolute atomic E-state index is 15.1. The molecule has 0 aromatic heterocycles. The normalized spacial score (nSPS) is 29.3. The lowest BCUT2D eigenvalue weighted by molar-refractivity contribution is -0.301. The third-order valence-corrected chi connectivity index (χ3v) is 9.82. The molecule has 0 aliphatic heterocycles. The zero-order chi connectivity index (χ0) is 31.0. The van der Waals surface area contributed by atoms with E-state index in [0.29, 0.717) is 62.9 Å².